The van der Waals surface area contributed by atoms with Crippen LogP contribution in [0.5, 0.6) is 11.6 Å². The van der Waals surface area contributed by atoms with E-state index < -0.39 is 9.84 Å². The van der Waals surface area contributed by atoms with Crippen LogP contribution in [0.3, 0.4) is 0 Å². The third-order valence-electron chi connectivity index (χ3n) is 4.03. The van der Waals surface area contributed by atoms with Gasteiger partial charge in [0.1, 0.15) is 10.8 Å². The van der Waals surface area contributed by atoms with Crippen molar-refractivity contribution in [2.75, 3.05) is 5.75 Å². The predicted molar refractivity (Wildman–Crippen MR) is 106 cm³/mol. The van der Waals surface area contributed by atoms with Gasteiger partial charge in [0.15, 0.2) is 5.82 Å². The molecular weight excluding hydrogens is 447 g/mol. The molecule has 0 bridgehead atoms. The van der Waals surface area contributed by atoms with Gasteiger partial charge in [0.05, 0.1) is 5.75 Å². The zero-order chi connectivity index (χ0) is 19.9. The topological polar surface area (TPSA) is 97.8 Å². The van der Waals surface area contributed by atoms with Gasteiger partial charge in [-0.15, -0.1) is 0 Å². The van der Waals surface area contributed by atoms with Crippen LogP contribution in [0.4, 0.5) is 0 Å². The molecule has 0 spiro atoms. The molecular formula is C17H13Cl3N4O3S. The summed E-state index contributed by atoms with van der Waals surface area (Å²) in [5.41, 5.74) is 0.450. The molecule has 0 aliphatic heterocycles. The van der Waals surface area contributed by atoms with E-state index in [0.29, 0.717) is 21.4 Å². The molecule has 1 fully saturated rings. The fraction of sp³-hybridized carbons (Fsp3) is 0.235. The van der Waals surface area contributed by atoms with Gasteiger partial charge in [-0.05, 0) is 43.0 Å². The van der Waals surface area contributed by atoms with Crippen molar-refractivity contribution >= 4 is 44.6 Å². The second-order valence-electron chi connectivity index (χ2n) is 6.41. The molecule has 4 rings (SSSR count). The summed E-state index contributed by atoms with van der Waals surface area (Å²) in [5.74, 6) is 0.995. The molecule has 1 aliphatic rings. The number of hydrogen-bond acceptors (Lipinski definition) is 6. The van der Waals surface area contributed by atoms with Crippen molar-refractivity contribution in [1.29, 1.82) is 0 Å². The minimum absolute atomic E-state index is 0.0790. The normalized spacial score (nSPS) is 14.2. The number of hydrogen-bond donors (Lipinski definition) is 1. The first-order valence-electron chi connectivity index (χ1n) is 8.25. The van der Waals surface area contributed by atoms with Crippen molar-refractivity contribution in [3.8, 4) is 23.0 Å². The Bertz CT molecular complexity index is 1130. The zero-order valence-electron chi connectivity index (χ0n) is 14.2. The molecule has 1 saturated carbocycles. The summed E-state index contributed by atoms with van der Waals surface area (Å²) < 4.78 is 30.2. The summed E-state index contributed by atoms with van der Waals surface area (Å²) in [4.78, 5) is 8.24. The van der Waals surface area contributed by atoms with Gasteiger partial charge in [-0.2, -0.15) is 10.1 Å². The van der Waals surface area contributed by atoms with E-state index in [0.717, 1.165) is 12.8 Å². The average molecular weight is 460 g/mol. The fourth-order valence-electron chi connectivity index (χ4n) is 2.51. The van der Waals surface area contributed by atoms with Gasteiger partial charge in [-0.1, -0.05) is 34.8 Å². The van der Waals surface area contributed by atoms with Crippen LogP contribution < -0.4 is 4.74 Å². The van der Waals surface area contributed by atoms with Crippen LogP contribution in [0.1, 0.15) is 12.8 Å². The van der Waals surface area contributed by atoms with Gasteiger partial charge in [0, 0.05) is 21.8 Å². The lowest BCUT2D eigenvalue weighted by Crippen LogP contribution is -2.10. The standard InChI is InChI=1S/C17H13Cl3N4O3S/c18-11-4-12(19)6-13(5-11)27-16-14(20)3-10(7-21-16)15-22-17(24-23-15)28(25,26)8-9-1-2-9/h3-7,9H,1-2,8H2,(H,22,23,24). The SMILES string of the molecule is O=S(=O)(CC1CC1)c1nc(-c2cnc(Oc3cc(Cl)cc(Cl)c3)c(Cl)c2)n[nH]1. The molecule has 0 saturated heterocycles. The first-order valence-corrected chi connectivity index (χ1v) is 11.0. The van der Waals surface area contributed by atoms with Crippen LogP contribution in [-0.4, -0.2) is 34.3 Å². The second kappa shape index (κ2) is 7.51. The number of sulfone groups is 1. The number of aromatic amines is 1. The smallest absolute Gasteiger partial charge is 0.243 e. The quantitative estimate of drug-likeness (QED) is 0.568. The van der Waals surface area contributed by atoms with Gasteiger partial charge in [-0.3, -0.25) is 0 Å². The molecule has 0 radical (unpaired) electrons. The maximum atomic E-state index is 12.3. The highest BCUT2D eigenvalue weighted by Gasteiger charge is 2.31. The highest BCUT2D eigenvalue weighted by molar-refractivity contribution is 7.91. The molecule has 0 atom stereocenters. The van der Waals surface area contributed by atoms with E-state index in [1.54, 1.807) is 18.2 Å². The first kappa shape index (κ1) is 19.4. The predicted octanol–water partition coefficient (Wildman–Crippen LogP) is 4.80. The van der Waals surface area contributed by atoms with E-state index in [1.807, 2.05) is 0 Å². The van der Waals surface area contributed by atoms with Crippen molar-refractivity contribution in [3.05, 3.63) is 45.5 Å². The number of benzene rings is 1. The van der Waals surface area contributed by atoms with Crippen molar-refractivity contribution in [2.45, 2.75) is 18.0 Å². The summed E-state index contributed by atoms with van der Waals surface area (Å²) in [6, 6.07) is 6.26. The molecule has 1 aromatic carbocycles. The lowest BCUT2D eigenvalue weighted by atomic mass is 10.3. The third kappa shape index (κ3) is 4.41. The number of H-pyrrole nitrogens is 1. The van der Waals surface area contributed by atoms with Gasteiger partial charge < -0.3 is 4.74 Å². The van der Waals surface area contributed by atoms with Crippen molar-refractivity contribution < 1.29 is 13.2 Å². The summed E-state index contributed by atoms with van der Waals surface area (Å²) >= 11 is 18.1. The minimum atomic E-state index is -3.48. The third-order valence-corrected chi connectivity index (χ3v) is 6.42. The van der Waals surface area contributed by atoms with Crippen molar-refractivity contribution in [1.82, 2.24) is 20.2 Å². The molecule has 0 amide bonds. The lowest BCUT2D eigenvalue weighted by molar-refractivity contribution is 0.463. The average Bonchev–Trinajstić information content (AvgIpc) is 3.25. The van der Waals surface area contributed by atoms with Crippen LogP contribution in [0.2, 0.25) is 15.1 Å². The van der Waals surface area contributed by atoms with Crippen molar-refractivity contribution in [3.63, 3.8) is 0 Å². The number of halogens is 3. The summed E-state index contributed by atoms with van der Waals surface area (Å²) in [5, 5.41) is 7.32. The highest BCUT2D eigenvalue weighted by Crippen LogP contribution is 2.34. The Balaban J connectivity index is 1.56. The maximum absolute atomic E-state index is 12.3. The highest BCUT2D eigenvalue weighted by atomic mass is 35.5. The van der Waals surface area contributed by atoms with E-state index in [9.17, 15) is 8.42 Å². The minimum Gasteiger partial charge on any atom is -0.437 e. The van der Waals surface area contributed by atoms with E-state index in [2.05, 4.69) is 20.2 Å². The summed E-state index contributed by atoms with van der Waals surface area (Å²) in [6.45, 7) is 0. The number of aromatic nitrogens is 4. The number of nitrogens with zero attached hydrogens (tertiary/aromatic N) is 3. The van der Waals surface area contributed by atoms with Crippen LogP contribution in [-0.2, 0) is 9.84 Å². The Morgan fingerprint density at radius 2 is 1.82 bits per heavy atom. The number of nitrogens with one attached hydrogen (secondary N) is 1. The lowest BCUT2D eigenvalue weighted by Gasteiger charge is -2.08. The van der Waals surface area contributed by atoms with Crippen LogP contribution in [0.15, 0.2) is 35.6 Å². The molecule has 1 N–H and O–H groups in total. The Labute approximate surface area is 175 Å². The van der Waals surface area contributed by atoms with E-state index in [-0.39, 0.29) is 33.6 Å². The first-order chi connectivity index (χ1) is 13.3. The molecule has 1 aliphatic carbocycles. The Hall–Kier alpha value is -1.87. The number of pyridine rings is 1. The van der Waals surface area contributed by atoms with Crippen molar-refractivity contribution in [2.24, 2.45) is 5.92 Å². The number of ether oxygens (including phenoxy) is 1. The molecule has 2 aromatic heterocycles. The summed E-state index contributed by atoms with van der Waals surface area (Å²) in [6.07, 6.45) is 3.30. The van der Waals surface area contributed by atoms with E-state index >= 15 is 0 Å². The molecule has 3 aromatic rings. The van der Waals surface area contributed by atoms with Gasteiger partial charge in [0.25, 0.3) is 0 Å². The second-order valence-corrected chi connectivity index (χ2v) is 9.64. The largest absolute Gasteiger partial charge is 0.437 e. The van der Waals surface area contributed by atoms with Crippen LogP contribution in [0, 0.1) is 5.92 Å². The molecule has 11 heteroatoms. The van der Waals surface area contributed by atoms with Crippen LogP contribution >= 0.6 is 34.8 Å². The Morgan fingerprint density at radius 3 is 2.46 bits per heavy atom. The van der Waals surface area contributed by atoms with Gasteiger partial charge in [0.2, 0.25) is 20.9 Å². The van der Waals surface area contributed by atoms with E-state index in [4.69, 9.17) is 39.5 Å². The fourth-order valence-corrected chi connectivity index (χ4v) is 4.74. The Kier molecular flexibility index (Phi) is 5.22. The Morgan fingerprint density at radius 1 is 1.11 bits per heavy atom. The summed E-state index contributed by atoms with van der Waals surface area (Å²) in [7, 11) is -3.48. The maximum Gasteiger partial charge on any atom is 0.243 e. The molecule has 7 nitrogen and oxygen atoms in total. The molecule has 2 heterocycles. The zero-order valence-corrected chi connectivity index (χ0v) is 17.3. The monoisotopic (exact) mass is 458 g/mol. The molecule has 0 unspecified atom stereocenters. The molecule has 28 heavy (non-hydrogen) atoms. The number of rotatable bonds is 6. The van der Waals surface area contributed by atoms with Gasteiger partial charge >= 0.3 is 0 Å². The molecule has 146 valence electrons. The van der Waals surface area contributed by atoms with E-state index in [1.165, 1.54) is 12.3 Å². The van der Waals surface area contributed by atoms with Gasteiger partial charge in [-0.25, -0.2) is 18.5 Å². The van der Waals surface area contributed by atoms with Crippen LogP contribution in [0.25, 0.3) is 11.4 Å².